The predicted molar refractivity (Wildman–Crippen MR) is 121 cm³/mol. The van der Waals surface area contributed by atoms with Crippen LogP contribution in [0.15, 0.2) is 48.5 Å². The highest BCUT2D eigenvalue weighted by molar-refractivity contribution is 6.39. The Morgan fingerprint density at radius 2 is 1.81 bits per heavy atom. The first-order valence-electron chi connectivity index (χ1n) is 10.3. The van der Waals surface area contributed by atoms with Crippen LogP contribution in [0.3, 0.4) is 0 Å². The lowest BCUT2D eigenvalue weighted by Crippen LogP contribution is -2.45. The van der Waals surface area contributed by atoms with Gasteiger partial charge >= 0.3 is 11.8 Å². The van der Waals surface area contributed by atoms with E-state index < -0.39 is 11.8 Å². The molecule has 1 atom stereocenters. The number of rotatable bonds is 7. The molecule has 0 bridgehead atoms. The number of hydrogen-bond acceptors (Lipinski definition) is 6. The molecule has 8 nitrogen and oxygen atoms in total. The minimum atomic E-state index is -0.711. The van der Waals surface area contributed by atoms with E-state index in [1.54, 1.807) is 31.4 Å². The number of morpholine rings is 1. The summed E-state index contributed by atoms with van der Waals surface area (Å²) in [7, 11) is 5.54. The number of carbonyl (C=O) groups excluding carboxylic acids is 2. The molecule has 1 saturated heterocycles. The van der Waals surface area contributed by atoms with Crippen LogP contribution in [0.2, 0.25) is 0 Å². The first-order valence-corrected chi connectivity index (χ1v) is 10.3. The Hall–Kier alpha value is -3.10. The van der Waals surface area contributed by atoms with Gasteiger partial charge < -0.3 is 25.0 Å². The fraction of sp³-hybridized carbons (Fsp3) is 0.391. The van der Waals surface area contributed by atoms with Gasteiger partial charge in [0.15, 0.2) is 0 Å². The molecule has 0 spiro atoms. The number of methoxy groups -OCH3 is 1. The van der Waals surface area contributed by atoms with Crippen molar-refractivity contribution < 1.29 is 19.1 Å². The van der Waals surface area contributed by atoms with E-state index in [1.165, 1.54) is 0 Å². The van der Waals surface area contributed by atoms with Crippen LogP contribution in [0.25, 0.3) is 0 Å². The molecule has 0 aliphatic carbocycles. The second-order valence-electron chi connectivity index (χ2n) is 7.55. The van der Waals surface area contributed by atoms with Gasteiger partial charge in [-0.15, -0.1) is 0 Å². The van der Waals surface area contributed by atoms with Gasteiger partial charge in [-0.05, 0) is 29.8 Å². The predicted octanol–water partition coefficient (Wildman–Crippen LogP) is 1.89. The Labute approximate surface area is 183 Å². The molecule has 166 valence electrons. The van der Waals surface area contributed by atoms with Gasteiger partial charge in [-0.3, -0.25) is 14.5 Å². The van der Waals surface area contributed by atoms with Crippen molar-refractivity contribution in [1.82, 2.24) is 10.2 Å². The van der Waals surface area contributed by atoms with Gasteiger partial charge in [-0.1, -0.05) is 18.2 Å². The number of benzene rings is 2. The molecule has 1 heterocycles. The zero-order chi connectivity index (χ0) is 22.2. The Balaban J connectivity index is 1.66. The summed E-state index contributed by atoms with van der Waals surface area (Å²) in [5, 5.41) is 5.40. The highest BCUT2D eigenvalue weighted by Gasteiger charge is 2.24. The van der Waals surface area contributed by atoms with E-state index in [9.17, 15) is 9.59 Å². The van der Waals surface area contributed by atoms with Gasteiger partial charge in [-0.25, -0.2) is 0 Å². The summed E-state index contributed by atoms with van der Waals surface area (Å²) >= 11 is 0. The van der Waals surface area contributed by atoms with E-state index in [0.29, 0.717) is 31.2 Å². The minimum Gasteiger partial charge on any atom is -0.497 e. The Morgan fingerprint density at radius 3 is 2.45 bits per heavy atom. The molecule has 31 heavy (non-hydrogen) atoms. The average molecular weight is 427 g/mol. The van der Waals surface area contributed by atoms with Crippen molar-refractivity contribution in [2.24, 2.45) is 0 Å². The molecule has 0 saturated carbocycles. The van der Waals surface area contributed by atoms with E-state index in [-0.39, 0.29) is 6.04 Å². The Morgan fingerprint density at radius 1 is 1.10 bits per heavy atom. The Kier molecular flexibility index (Phi) is 7.86. The molecule has 2 N–H and O–H groups in total. The normalized spacial score (nSPS) is 15.1. The molecule has 1 fully saturated rings. The van der Waals surface area contributed by atoms with E-state index in [2.05, 4.69) is 39.8 Å². The molecule has 1 aliphatic heterocycles. The quantitative estimate of drug-likeness (QED) is 0.658. The summed E-state index contributed by atoms with van der Waals surface area (Å²) in [5.41, 5.74) is 2.69. The van der Waals surface area contributed by atoms with Crippen LogP contribution in [0.1, 0.15) is 11.6 Å². The fourth-order valence-corrected chi connectivity index (χ4v) is 3.50. The van der Waals surface area contributed by atoms with Crippen LogP contribution in [0.4, 0.5) is 11.4 Å². The van der Waals surface area contributed by atoms with Crippen molar-refractivity contribution in [3.63, 3.8) is 0 Å². The number of ether oxygens (including phenoxy) is 2. The molecule has 0 unspecified atom stereocenters. The number of nitrogens with zero attached hydrogens (tertiary/aromatic N) is 2. The summed E-state index contributed by atoms with van der Waals surface area (Å²) in [6, 6.07) is 15.1. The van der Waals surface area contributed by atoms with E-state index in [0.717, 1.165) is 24.3 Å². The molecule has 2 amide bonds. The smallest absolute Gasteiger partial charge is 0.313 e. The molecule has 0 aromatic heterocycles. The van der Waals surface area contributed by atoms with Crippen LogP contribution in [0, 0.1) is 0 Å². The largest absolute Gasteiger partial charge is 0.497 e. The lowest BCUT2D eigenvalue weighted by Gasteiger charge is -2.35. The van der Waals surface area contributed by atoms with E-state index in [1.807, 2.05) is 19.0 Å². The highest BCUT2D eigenvalue weighted by Crippen LogP contribution is 2.24. The molecule has 8 heteroatoms. The number of hydrogen-bond donors (Lipinski definition) is 2. The van der Waals surface area contributed by atoms with Crippen LogP contribution in [-0.2, 0) is 14.3 Å². The van der Waals surface area contributed by atoms with Crippen LogP contribution < -0.4 is 20.3 Å². The maximum Gasteiger partial charge on any atom is 0.313 e. The third-order valence-corrected chi connectivity index (χ3v) is 5.27. The first-order chi connectivity index (χ1) is 15.0. The van der Waals surface area contributed by atoms with E-state index in [4.69, 9.17) is 9.47 Å². The van der Waals surface area contributed by atoms with Gasteiger partial charge in [0.25, 0.3) is 0 Å². The molecule has 3 rings (SSSR count). The zero-order valence-electron chi connectivity index (χ0n) is 18.3. The number of carbonyl (C=O) groups is 2. The monoisotopic (exact) mass is 426 g/mol. The minimum absolute atomic E-state index is 0.0475. The molecule has 2 aromatic rings. The SMILES string of the molecule is COc1cccc(NC(=O)C(=O)NC[C@H](c2ccc(N(C)C)cc2)N2CCOCC2)c1. The number of nitrogens with one attached hydrogen (secondary N) is 2. The topological polar surface area (TPSA) is 83.1 Å². The number of amides is 2. The second-order valence-corrected chi connectivity index (χ2v) is 7.55. The average Bonchev–Trinajstić information content (AvgIpc) is 2.80. The van der Waals surface area contributed by atoms with Gasteiger partial charge in [-0.2, -0.15) is 0 Å². The van der Waals surface area contributed by atoms with Crippen molar-refractivity contribution in [2.75, 3.05) is 64.3 Å². The molecule has 1 aliphatic rings. The third-order valence-electron chi connectivity index (χ3n) is 5.27. The fourth-order valence-electron chi connectivity index (χ4n) is 3.50. The van der Waals surface area contributed by atoms with Gasteiger partial charge in [0.2, 0.25) is 0 Å². The van der Waals surface area contributed by atoms with Crippen molar-refractivity contribution in [2.45, 2.75) is 6.04 Å². The molecular weight excluding hydrogens is 396 g/mol. The van der Waals surface area contributed by atoms with Crippen molar-refractivity contribution >= 4 is 23.2 Å². The maximum atomic E-state index is 12.5. The summed E-state index contributed by atoms with van der Waals surface area (Å²) < 4.78 is 10.6. The summed E-state index contributed by atoms with van der Waals surface area (Å²) in [6.45, 7) is 3.16. The van der Waals surface area contributed by atoms with Crippen LogP contribution in [-0.4, -0.2) is 70.8 Å². The van der Waals surface area contributed by atoms with Crippen molar-refractivity contribution in [1.29, 1.82) is 0 Å². The van der Waals surface area contributed by atoms with Crippen LogP contribution >= 0.6 is 0 Å². The summed E-state index contributed by atoms with van der Waals surface area (Å²) in [6.07, 6.45) is 0. The van der Waals surface area contributed by atoms with E-state index >= 15 is 0 Å². The molecule has 2 aromatic carbocycles. The van der Waals surface area contributed by atoms with Gasteiger partial charge in [0.1, 0.15) is 5.75 Å². The third kappa shape index (κ3) is 6.19. The second kappa shape index (κ2) is 10.8. The summed E-state index contributed by atoms with van der Waals surface area (Å²) in [4.78, 5) is 29.1. The molecular formula is C23H30N4O4. The highest BCUT2D eigenvalue weighted by atomic mass is 16.5. The maximum absolute atomic E-state index is 12.5. The lowest BCUT2D eigenvalue weighted by molar-refractivity contribution is -0.136. The van der Waals surface area contributed by atoms with Gasteiger partial charge in [0, 0.05) is 51.2 Å². The van der Waals surface area contributed by atoms with Crippen LogP contribution in [0.5, 0.6) is 5.75 Å². The Bertz CT molecular complexity index is 879. The van der Waals surface area contributed by atoms with Gasteiger partial charge in [0.05, 0.1) is 26.4 Å². The standard InChI is InChI=1S/C23H30N4O4/c1-26(2)19-9-7-17(8-10-19)21(27-11-13-31-14-12-27)16-24-22(28)23(29)25-18-5-4-6-20(15-18)30-3/h4-10,15,21H,11-14,16H2,1-3H3,(H,24,28)(H,25,29)/t21-/m1/s1. The summed E-state index contributed by atoms with van der Waals surface area (Å²) in [5.74, 6) is -0.783. The van der Waals surface area contributed by atoms with Crippen molar-refractivity contribution in [3.8, 4) is 5.75 Å². The number of anilines is 2. The zero-order valence-corrected chi connectivity index (χ0v) is 18.3. The first kappa shape index (κ1) is 22.6. The van der Waals surface area contributed by atoms with Crippen molar-refractivity contribution in [3.05, 3.63) is 54.1 Å². The molecule has 0 radical (unpaired) electrons. The lowest BCUT2D eigenvalue weighted by atomic mass is 10.0.